The summed E-state index contributed by atoms with van der Waals surface area (Å²) in [5.41, 5.74) is 1.47. The van der Waals surface area contributed by atoms with Gasteiger partial charge < -0.3 is 0 Å². The molecule has 0 N–H and O–H groups in total. The van der Waals surface area contributed by atoms with Crippen molar-refractivity contribution in [2.24, 2.45) is 0 Å². The normalized spacial score (nSPS) is 9.92. The summed E-state index contributed by atoms with van der Waals surface area (Å²) in [6.07, 6.45) is 0. The number of hydrogen-bond donors (Lipinski definition) is 0. The highest BCUT2D eigenvalue weighted by Gasteiger charge is 2.08. The molecule has 1 aromatic rings. The lowest BCUT2D eigenvalue weighted by Crippen LogP contribution is -1.80. The monoisotopic (exact) mass is 307 g/mol. The lowest BCUT2D eigenvalue weighted by Gasteiger charge is -2.04. The smallest absolute Gasteiger partial charge is 0.192 e. The standard InChI is InChI=1S/C8H4Br2ClN/c1-12-7-3-2-5(11)4-6(7)8(9)10/h2-4,8H. The van der Waals surface area contributed by atoms with Crippen molar-refractivity contribution < 1.29 is 0 Å². The molecule has 0 amide bonds. The Bertz CT molecular complexity index is 330. The molecule has 0 aliphatic heterocycles. The molecule has 0 heterocycles. The van der Waals surface area contributed by atoms with Crippen LogP contribution >= 0.6 is 43.5 Å². The molecule has 62 valence electrons. The lowest BCUT2D eigenvalue weighted by atomic mass is 10.2. The summed E-state index contributed by atoms with van der Waals surface area (Å²) in [6.45, 7) is 6.89. The first kappa shape index (κ1) is 10.0. The minimum atomic E-state index is -0.0206. The van der Waals surface area contributed by atoms with E-state index in [0.717, 1.165) is 5.56 Å². The molecule has 0 aliphatic rings. The van der Waals surface area contributed by atoms with Gasteiger partial charge in [0.25, 0.3) is 0 Å². The molecular formula is C8H4Br2ClN. The molecule has 4 heteroatoms. The van der Waals surface area contributed by atoms with E-state index in [9.17, 15) is 0 Å². The molecule has 0 radical (unpaired) electrons. The highest BCUT2D eigenvalue weighted by Crippen LogP contribution is 2.37. The molecule has 0 saturated carbocycles. The molecule has 0 saturated heterocycles. The number of hydrogen-bond acceptors (Lipinski definition) is 0. The van der Waals surface area contributed by atoms with Gasteiger partial charge in [-0.3, -0.25) is 0 Å². The van der Waals surface area contributed by atoms with Gasteiger partial charge in [0.05, 0.1) is 10.3 Å². The summed E-state index contributed by atoms with van der Waals surface area (Å²) in [4.78, 5) is 3.36. The summed E-state index contributed by atoms with van der Waals surface area (Å²) >= 11 is 12.4. The fourth-order valence-electron chi connectivity index (χ4n) is 0.802. The first-order valence-corrected chi connectivity index (χ1v) is 5.31. The Morgan fingerprint density at radius 2 is 2.08 bits per heavy atom. The third-order valence-electron chi connectivity index (χ3n) is 1.35. The topological polar surface area (TPSA) is 4.36 Å². The van der Waals surface area contributed by atoms with Crippen molar-refractivity contribution in [2.45, 2.75) is 3.74 Å². The molecule has 0 atom stereocenters. The van der Waals surface area contributed by atoms with Crippen molar-refractivity contribution in [1.82, 2.24) is 0 Å². The van der Waals surface area contributed by atoms with Gasteiger partial charge in [-0.1, -0.05) is 55.6 Å². The van der Waals surface area contributed by atoms with Crippen molar-refractivity contribution >= 4 is 49.1 Å². The van der Waals surface area contributed by atoms with Crippen LogP contribution in [-0.4, -0.2) is 0 Å². The van der Waals surface area contributed by atoms with Crippen LogP contribution in [0.3, 0.4) is 0 Å². The SMILES string of the molecule is [C-]#[N+]c1ccc(Cl)cc1C(Br)Br. The summed E-state index contributed by atoms with van der Waals surface area (Å²) < 4.78 is -0.0206. The maximum Gasteiger partial charge on any atom is 0.192 e. The molecule has 0 unspecified atom stereocenters. The summed E-state index contributed by atoms with van der Waals surface area (Å²) in [6, 6.07) is 5.18. The van der Waals surface area contributed by atoms with Crippen molar-refractivity contribution in [1.29, 1.82) is 0 Å². The Morgan fingerprint density at radius 1 is 1.42 bits per heavy atom. The summed E-state index contributed by atoms with van der Waals surface area (Å²) in [5.74, 6) is 0. The second kappa shape index (κ2) is 4.27. The second-order valence-corrected chi connectivity index (χ2v) is 5.61. The van der Waals surface area contributed by atoms with Gasteiger partial charge in [0.2, 0.25) is 0 Å². The van der Waals surface area contributed by atoms with Gasteiger partial charge in [-0.25, -0.2) is 4.85 Å². The minimum absolute atomic E-state index is 0.0206. The van der Waals surface area contributed by atoms with Gasteiger partial charge in [0.15, 0.2) is 5.69 Å². The van der Waals surface area contributed by atoms with Gasteiger partial charge in [0.1, 0.15) is 0 Å². The lowest BCUT2D eigenvalue weighted by molar-refractivity contribution is 1.44. The molecule has 12 heavy (non-hydrogen) atoms. The predicted molar refractivity (Wildman–Crippen MR) is 58.3 cm³/mol. The zero-order valence-electron chi connectivity index (χ0n) is 5.89. The van der Waals surface area contributed by atoms with E-state index in [1.54, 1.807) is 18.2 Å². The molecule has 0 fully saturated rings. The molecule has 0 aromatic heterocycles. The zero-order chi connectivity index (χ0) is 9.14. The Morgan fingerprint density at radius 3 is 2.58 bits per heavy atom. The molecular weight excluding hydrogens is 305 g/mol. The predicted octanol–water partition coefficient (Wildman–Crippen LogP) is 4.68. The summed E-state index contributed by atoms with van der Waals surface area (Å²) in [7, 11) is 0. The molecule has 1 aromatic carbocycles. The largest absolute Gasteiger partial charge is 0.238 e. The number of nitrogens with zero attached hydrogens (tertiary/aromatic N) is 1. The van der Waals surface area contributed by atoms with E-state index in [4.69, 9.17) is 18.2 Å². The average Bonchev–Trinajstić information content (AvgIpc) is 2.04. The van der Waals surface area contributed by atoms with Crippen molar-refractivity contribution in [3.05, 3.63) is 40.2 Å². The van der Waals surface area contributed by atoms with Crippen LogP contribution in [0.4, 0.5) is 5.69 Å². The molecule has 1 nitrogen and oxygen atoms in total. The molecule has 0 aliphatic carbocycles. The molecule has 0 bridgehead atoms. The first-order valence-electron chi connectivity index (χ1n) is 3.10. The van der Waals surface area contributed by atoms with Gasteiger partial charge in [-0.05, 0) is 11.6 Å². The van der Waals surface area contributed by atoms with Gasteiger partial charge in [0, 0.05) is 5.02 Å². The maximum absolute atomic E-state index is 6.89. The van der Waals surface area contributed by atoms with Crippen LogP contribution in [-0.2, 0) is 0 Å². The highest BCUT2D eigenvalue weighted by molar-refractivity contribution is 9.24. The highest BCUT2D eigenvalue weighted by atomic mass is 79.9. The Hall–Kier alpha value is -0.0400. The average molecular weight is 309 g/mol. The second-order valence-electron chi connectivity index (χ2n) is 2.12. The fourth-order valence-corrected chi connectivity index (χ4v) is 1.72. The maximum atomic E-state index is 6.89. The van der Waals surface area contributed by atoms with Crippen LogP contribution < -0.4 is 0 Å². The van der Waals surface area contributed by atoms with E-state index in [2.05, 4.69) is 36.7 Å². The fraction of sp³-hybridized carbons (Fsp3) is 0.125. The van der Waals surface area contributed by atoms with E-state index in [1.807, 2.05) is 0 Å². The van der Waals surface area contributed by atoms with Crippen LogP contribution in [0.25, 0.3) is 4.85 Å². The molecule has 1 rings (SSSR count). The third-order valence-corrected chi connectivity index (χ3v) is 2.57. The van der Waals surface area contributed by atoms with Crippen LogP contribution in [0, 0.1) is 6.57 Å². The number of benzene rings is 1. The van der Waals surface area contributed by atoms with Crippen LogP contribution in [0.2, 0.25) is 5.02 Å². The van der Waals surface area contributed by atoms with Crippen LogP contribution in [0.15, 0.2) is 18.2 Å². The van der Waals surface area contributed by atoms with E-state index in [0.29, 0.717) is 10.7 Å². The molecule has 0 spiro atoms. The van der Waals surface area contributed by atoms with E-state index < -0.39 is 0 Å². The number of alkyl halides is 2. The number of rotatable bonds is 1. The zero-order valence-corrected chi connectivity index (χ0v) is 9.82. The van der Waals surface area contributed by atoms with Gasteiger partial charge in [-0.15, -0.1) is 0 Å². The van der Waals surface area contributed by atoms with Gasteiger partial charge >= 0.3 is 0 Å². The van der Waals surface area contributed by atoms with Crippen LogP contribution in [0.1, 0.15) is 9.30 Å². The van der Waals surface area contributed by atoms with E-state index in [1.165, 1.54) is 0 Å². The van der Waals surface area contributed by atoms with Crippen LogP contribution in [0.5, 0.6) is 0 Å². The Kier molecular flexibility index (Phi) is 3.57. The Labute approximate surface area is 92.8 Å². The van der Waals surface area contributed by atoms with Crippen molar-refractivity contribution in [3.8, 4) is 0 Å². The quantitative estimate of drug-likeness (QED) is 0.524. The van der Waals surface area contributed by atoms with Crippen molar-refractivity contribution in [2.75, 3.05) is 0 Å². The van der Waals surface area contributed by atoms with Crippen molar-refractivity contribution in [3.63, 3.8) is 0 Å². The third kappa shape index (κ3) is 2.22. The van der Waals surface area contributed by atoms with E-state index >= 15 is 0 Å². The first-order chi connectivity index (χ1) is 5.65. The number of halogens is 3. The Balaban J connectivity index is 3.24. The van der Waals surface area contributed by atoms with E-state index in [-0.39, 0.29) is 3.74 Å². The minimum Gasteiger partial charge on any atom is -0.238 e. The van der Waals surface area contributed by atoms with Gasteiger partial charge in [-0.2, -0.15) is 0 Å². The summed E-state index contributed by atoms with van der Waals surface area (Å²) in [5, 5.41) is 0.640.